The molecule has 8 heteroatoms. The number of nitrogen functional groups attached to an aromatic ring is 2. The fraction of sp³-hybridized carbons (Fsp3) is 0. The summed E-state index contributed by atoms with van der Waals surface area (Å²) in [6, 6.07) is 12.2. The first kappa shape index (κ1) is 17.2. The number of nitrogens with two attached hydrogens (primary N) is 2. The van der Waals surface area contributed by atoms with Crippen LogP contribution in [0.1, 0.15) is 11.1 Å². The van der Waals surface area contributed by atoms with Crippen molar-refractivity contribution in [1.82, 2.24) is 10.1 Å². The molecule has 0 saturated carbocycles. The molecule has 0 radical (unpaired) electrons. The highest BCUT2D eigenvalue weighted by molar-refractivity contribution is 5.96. The maximum absolute atomic E-state index is 7.49. The molecule has 0 aliphatic heterocycles. The molecule has 0 spiro atoms. The smallest absolute Gasteiger partial charge is 0.167 e. The molecule has 2 heterocycles. The van der Waals surface area contributed by atoms with Gasteiger partial charge in [-0.25, -0.2) is 0 Å². The monoisotopic (exact) mass is 342 g/mol. The average Bonchev–Trinajstić information content (AvgIpc) is 3.05. The van der Waals surface area contributed by atoms with Crippen molar-refractivity contribution in [1.29, 1.82) is 10.8 Å². The Morgan fingerprint density at radius 1 is 0.917 bits per heavy atom. The quantitative estimate of drug-likeness (QED) is 0.426. The maximum Gasteiger partial charge on any atom is 0.167 e. The Hall–Kier alpha value is -3.19. The van der Waals surface area contributed by atoms with Crippen molar-refractivity contribution in [2.24, 2.45) is 11.5 Å². The number of pyridine rings is 1. The molecule has 1 aromatic carbocycles. The first-order valence-corrected chi connectivity index (χ1v) is 6.77. The first-order chi connectivity index (χ1) is 11.0. The predicted molar refractivity (Wildman–Crippen MR) is 94.5 cm³/mol. The van der Waals surface area contributed by atoms with E-state index in [9.17, 15) is 0 Å². The molecule has 122 valence electrons. The number of halogens is 1. The first-order valence-electron chi connectivity index (χ1n) is 6.77. The summed E-state index contributed by atoms with van der Waals surface area (Å²) in [6.07, 6.45) is 1.57. The molecule has 2 aromatic heterocycles. The molecule has 3 aromatic rings. The summed E-state index contributed by atoms with van der Waals surface area (Å²) in [7, 11) is 0. The molecule has 24 heavy (non-hydrogen) atoms. The molecule has 0 aliphatic carbocycles. The van der Waals surface area contributed by atoms with Crippen LogP contribution in [0.3, 0.4) is 0 Å². The van der Waals surface area contributed by atoms with Crippen LogP contribution in [0.5, 0.6) is 0 Å². The third kappa shape index (κ3) is 3.41. The van der Waals surface area contributed by atoms with Gasteiger partial charge in [0.2, 0.25) is 0 Å². The summed E-state index contributed by atoms with van der Waals surface area (Å²) in [4.78, 5) is 4.22. The van der Waals surface area contributed by atoms with E-state index in [2.05, 4.69) is 10.1 Å². The van der Waals surface area contributed by atoms with Crippen molar-refractivity contribution in [3.05, 3.63) is 59.8 Å². The number of hydrogen-bond donors (Lipinski definition) is 4. The van der Waals surface area contributed by atoms with Crippen molar-refractivity contribution in [2.75, 3.05) is 0 Å². The Balaban J connectivity index is 0.00000208. The van der Waals surface area contributed by atoms with E-state index in [1.54, 1.807) is 42.6 Å². The molecule has 0 aliphatic rings. The number of benzene rings is 1. The van der Waals surface area contributed by atoms with Crippen LogP contribution in [0.2, 0.25) is 0 Å². The van der Waals surface area contributed by atoms with Gasteiger partial charge in [-0.05, 0) is 18.2 Å². The lowest BCUT2D eigenvalue weighted by atomic mass is 10.1. The second-order valence-corrected chi connectivity index (χ2v) is 4.91. The Morgan fingerprint density at radius 2 is 1.62 bits per heavy atom. The summed E-state index contributed by atoms with van der Waals surface area (Å²) in [5.41, 5.74) is 14.0. The second kappa shape index (κ2) is 6.93. The van der Waals surface area contributed by atoms with Crippen LogP contribution in [-0.2, 0) is 0 Å². The molecule has 7 nitrogen and oxygen atoms in total. The van der Waals surface area contributed by atoms with Gasteiger partial charge in [0.1, 0.15) is 17.4 Å². The number of nitrogens with zero attached hydrogens (tertiary/aromatic N) is 2. The summed E-state index contributed by atoms with van der Waals surface area (Å²) < 4.78 is 5.35. The van der Waals surface area contributed by atoms with Gasteiger partial charge in [-0.1, -0.05) is 23.4 Å². The third-order valence-electron chi connectivity index (χ3n) is 3.30. The predicted octanol–water partition coefficient (Wildman–Crippen LogP) is 2.39. The molecule has 0 unspecified atom stereocenters. The van der Waals surface area contributed by atoms with E-state index < -0.39 is 0 Å². The summed E-state index contributed by atoms with van der Waals surface area (Å²) in [5, 5.41) is 19.0. The van der Waals surface area contributed by atoms with Crippen LogP contribution >= 0.6 is 12.4 Å². The van der Waals surface area contributed by atoms with E-state index in [-0.39, 0.29) is 24.1 Å². The highest BCUT2D eigenvalue weighted by Crippen LogP contribution is 2.25. The maximum atomic E-state index is 7.49. The molecule has 0 atom stereocenters. The number of nitrogens with one attached hydrogen (secondary N) is 2. The van der Waals surface area contributed by atoms with Crippen LogP contribution in [0, 0.1) is 10.8 Å². The molecular formula is C16H15ClN6O. The highest BCUT2D eigenvalue weighted by Gasteiger charge is 2.11. The SMILES string of the molecule is Cl.N=C(N)c1cccc(-c2cc(-c3cc(C(=N)N)ccn3)no2)c1. The minimum atomic E-state index is -0.0356. The molecule has 0 amide bonds. The van der Waals surface area contributed by atoms with Gasteiger partial charge in [0, 0.05) is 29.0 Å². The van der Waals surface area contributed by atoms with E-state index in [1.165, 1.54) is 0 Å². The standard InChI is InChI=1S/C16H14N6O.ClH/c17-15(18)10-3-1-2-9(6-10)14-8-13(22-23-14)12-7-11(16(19)20)4-5-21-12;/h1-8H,(H3,17,18)(H3,19,20);1H. The minimum Gasteiger partial charge on any atom is -0.384 e. The Labute approximate surface area is 144 Å². The van der Waals surface area contributed by atoms with Gasteiger partial charge in [-0.3, -0.25) is 15.8 Å². The van der Waals surface area contributed by atoms with Gasteiger partial charge in [0.25, 0.3) is 0 Å². The topological polar surface area (TPSA) is 139 Å². The largest absolute Gasteiger partial charge is 0.384 e. The fourth-order valence-corrected chi connectivity index (χ4v) is 2.11. The number of hydrogen-bond acceptors (Lipinski definition) is 5. The second-order valence-electron chi connectivity index (χ2n) is 4.91. The molecule has 0 bridgehead atoms. The third-order valence-corrected chi connectivity index (χ3v) is 3.30. The zero-order valence-electron chi connectivity index (χ0n) is 12.5. The molecule has 3 rings (SSSR count). The lowest BCUT2D eigenvalue weighted by Gasteiger charge is -2.00. The fourth-order valence-electron chi connectivity index (χ4n) is 2.11. The zero-order chi connectivity index (χ0) is 16.4. The van der Waals surface area contributed by atoms with Gasteiger partial charge < -0.3 is 16.0 Å². The van der Waals surface area contributed by atoms with Crippen molar-refractivity contribution in [3.63, 3.8) is 0 Å². The number of aromatic nitrogens is 2. The van der Waals surface area contributed by atoms with E-state index >= 15 is 0 Å². The molecule has 6 N–H and O–H groups in total. The number of rotatable bonds is 4. The minimum absolute atomic E-state index is 0. The van der Waals surface area contributed by atoms with E-state index in [1.807, 2.05) is 6.07 Å². The van der Waals surface area contributed by atoms with E-state index in [4.69, 9.17) is 26.8 Å². The summed E-state index contributed by atoms with van der Waals surface area (Å²) >= 11 is 0. The average molecular weight is 343 g/mol. The van der Waals surface area contributed by atoms with Gasteiger partial charge in [0.15, 0.2) is 5.76 Å². The summed E-state index contributed by atoms with van der Waals surface area (Å²) in [5.74, 6) is 0.493. The lowest BCUT2D eigenvalue weighted by molar-refractivity contribution is 0.434. The van der Waals surface area contributed by atoms with Gasteiger partial charge in [-0.15, -0.1) is 12.4 Å². The lowest BCUT2D eigenvalue weighted by Crippen LogP contribution is -2.11. The zero-order valence-corrected chi connectivity index (χ0v) is 13.3. The molecule has 0 saturated heterocycles. The van der Waals surface area contributed by atoms with Crippen LogP contribution < -0.4 is 11.5 Å². The van der Waals surface area contributed by atoms with Gasteiger partial charge >= 0.3 is 0 Å². The van der Waals surface area contributed by atoms with Crippen molar-refractivity contribution in [2.45, 2.75) is 0 Å². The molecular weight excluding hydrogens is 328 g/mol. The Bertz CT molecular complexity index is 833. The van der Waals surface area contributed by atoms with Gasteiger partial charge in [0.05, 0.1) is 5.69 Å². The van der Waals surface area contributed by atoms with Gasteiger partial charge in [-0.2, -0.15) is 0 Å². The highest BCUT2D eigenvalue weighted by atomic mass is 35.5. The molecule has 0 fully saturated rings. The van der Waals surface area contributed by atoms with Crippen LogP contribution in [-0.4, -0.2) is 21.8 Å². The van der Waals surface area contributed by atoms with Crippen molar-refractivity contribution >= 4 is 24.1 Å². The van der Waals surface area contributed by atoms with Crippen LogP contribution in [0.25, 0.3) is 22.7 Å². The van der Waals surface area contributed by atoms with Crippen LogP contribution in [0.4, 0.5) is 0 Å². The Kier molecular flexibility index (Phi) is 4.96. The van der Waals surface area contributed by atoms with Crippen molar-refractivity contribution < 1.29 is 4.52 Å². The van der Waals surface area contributed by atoms with E-state index in [0.29, 0.717) is 28.3 Å². The van der Waals surface area contributed by atoms with Crippen LogP contribution in [0.15, 0.2) is 53.2 Å². The van der Waals surface area contributed by atoms with Crippen molar-refractivity contribution in [3.8, 4) is 22.7 Å². The normalized spacial score (nSPS) is 10.0. The Morgan fingerprint density at radius 3 is 2.33 bits per heavy atom. The number of amidine groups is 2. The van der Waals surface area contributed by atoms with E-state index in [0.717, 1.165) is 5.56 Å². The summed E-state index contributed by atoms with van der Waals surface area (Å²) in [6.45, 7) is 0.